The third-order valence-electron chi connectivity index (χ3n) is 5.59. The van der Waals surface area contributed by atoms with Gasteiger partial charge in [0.1, 0.15) is 0 Å². The Morgan fingerprint density at radius 1 is 0.657 bits per heavy atom. The highest BCUT2D eigenvalue weighted by molar-refractivity contribution is 5.45. The van der Waals surface area contributed by atoms with Gasteiger partial charge in [-0.3, -0.25) is 20.2 Å². The predicted octanol–water partition coefficient (Wildman–Crippen LogP) is 4.67. The van der Waals surface area contributed by atoms with Gasteiger partial charge >= 0.3 is 0 Å². The SMILES string of the molecule is O=[N+]([O-])c1cccc(CNCCCN(CCCNCc2cccc([N+](=O)[O-])c2)c2ccccc2)c1. The average molecular weight is 478 g/mol. The number of nitrogens with zero attached hydrogens (tertiary/aromatic N) is 3. The molecule has 0 radical (unpaired) electrons. The molecule has 184 valence electrons. The van der Waals surface area contributed by atoms with Crippen LogP contribution in [0.4, 0.5) is 17.1 Å². The largest absolute Gasteiger partial charge is 0.371 e. The maximum atomic E-state index is 10.9. The molecule has 0 atom stereocenters. The van der Waals surface area contributed by atoms with Crippen LogP contribution >= 0.6 is 0 Å². The van der Waals surface area contributed by atoms with Gasteiger partial charge in [-0.05, 0) is 49.2 Å². The molecule has 0 heterocycles. The van der Waals surface area contributed by atoms with Crippen molar-refractivity contribution in [2.75, 3.05) is 31.1 Å². The van der Waals surface area contributed by atoms with E-state index in [4.69, 9.17) is 0 Å². The standard InChI is InChI=1S/C26H31N5O4/c32-30(33)25-12-4-8-22(18-25)20-27-14-6-16-29(24-10-2-1-3-11-24)17-7-15-28-21-23-9-5-13-26(19-23)31(34)35/h1-5,8-13,18-19,27-28H,6-7,14-17,20-21H2. The van der Waals surface area contributed by atoms with Crippen LogP contribution in [0.2, 0.25) is 0 Å². The number of nitro benzene ring substituents is 2. The summed E-state index contributed by atoms with van der Waals surface area (Å²) in [5.41, 5.74) is 3.19. The van der Waals surface area contributed by atoms with Gasteiger partial charge in [-0.2, -0.15) is 0 Å². The van der Waals surface area contributed by atoms with E-state index >= 15 is 0 Å². The fourth-order valence-corrected chi connectivity index (χ4v) is 3.82. The zero-order valence-electron chi connectivity index (χ0n) is 19.6. The van der Waals surface area contributed by atoms with Crippen LogP contribution in [0.25, 0.3) is 0 Å². The Bertz CT molecular complexity index is 1030. The topological polar surface area (TPSA) is 114 Å². The normalized spacial score (nSPS) is 10.7. The molecule has 9 nitrogen and oxygen atoms in total. The van der Waals surface area contributed by atoms with Crippen molar-refractivity contribution in [1.29, 1.82) is 0 Å². The number of benzene rings is 3. The second-order valence-corrected chi connectivity index (χ2v) is 8.24. The van der Waals surface area contributed by atoms with Crippen molar-refractivity contribution < 1.29 is 9.85 Å². The van der Waals surface area contributed by atoms with E-state index in [2.05, 4.69) is 27.7 Å². The van der Waals surface area contributed by atoms with Gasteiger partial charge in [0.05, 0.1) is 9.85 Å². The second kappa shape index (κ2) is 13.8. The number of hydrogen-bond acceptors (Lipinski definition) is 7. The van der Waals surface area contributed by atoms with Crippen molar-refractivity contribution in [2.24, 2.45) is 0 Å². The lowest BCUT2D eigenvalue weighted by Crippen LogP contribution is -2.30. The minimum atomic E-state index is -0.375. The number of hydrogen-bond donors (Lipinski definition) is 2. The third kappa shape index (κ3) is 8.80. The van der Waals surface area contributed by atoms with Gasteiger partial charge < -0.3 is 15.5 Å². The summed E-state index contributed by atoms with van der Waals surface area (Å²) in [4.78, 5) is 23.5. The second-order valence-electron chi connectivity index (χ2n) is 8.24. The fourth-order valence-electron chi connectivity index (χ4n) is 3.82. The quantitative estimate of drug-likeness (QED) is 0.186. The number of anilines is 1. The molecular formula is C26H31N5O4. The average Bonchev–Trinajstić information content (AvgIpc) is 2.88. The summed E-state index contributed by atoms with van der Waals surface area (Å²) in [5.74, 6) is 0. The molecule has 3 aromatic carbocycles. The summed E-state index contributed by atoms with van der Waals surface area (Å²) in [6.07, 6.45) is 1.87. The van der Waals surface area contributed by atoms with Crippen LogP contribution in [0, 0.1) is 20.2 Å². The number of rotatable bonds is 15. The molecule has 9 heteroatoms. The third-order valence-corrected chi connectivity index (χ3v) is 5.59. The Hall–Kier alpha value is -3.82. The van der Waals surface area contributed by atoms with Gasteiger partial charge in [0, 0.05) is 56.1 Å². The molecule has 0 unspecified atom stereocenters. The molecule has 35 heavy (non-hydrogen) atoms. The Morgan fingerprint density at radius 2 is 1.14 bits per heavy atom. The molecule has 0 aliphatic carbocycles. The highest BCUT2D eigenvalue weighted by Crippen LogP contribution is 2.15. The number of non-ortho nitro benzene ring substituents is 2. The molecule has 0 aromatic heterocycles. The van der Waals surface area contributed by atoms with Crippen LogP contribution in [0.1, 0.15) is 24.0 Å². The lowest BCUT2D eigenvalue weighted by molar-refractivity contribution is -0.385. The van der Waals surface area contributed by atoms with Crippen LogP contribution in [0.15, 0.2) is 78.9 Å². The number of para-hydroxylation sites is 1. The van der Waals surface area contributed by atoms with Gasteiger partial charge in [-0.1, -0.05) is 42.5 Å². The molecule has 3 aromatic rings. The molecule has 2 N–H and O–H groups in total. The van der Waals surface area contributed by atoms with Crippen LogP contribution in [-0.2, 0) is 13.1 Å². The molecule has 0 bridgehead atoms. The van der Waals surface area contributed by atoms with Crippen molar-refractivity contribution in [1.82, 2.24) is 10.6 Å². The predicted molar refractivity (Wildman–Crippen MR) is 137 cm³/mol. The minimum absolute atomic E-state index is 0.110. The zero-order chi connectivity index (χ0) is 24.9. The first-order chi connectivity index (χ1) is 17.0. The molecule has 3 rings (SSSR count). The molecule has 0 spiro atoms. The van der Waals surface area contributed by atoms with E-state index in [1.165, 1.54) is 17.8 Å². The maximum Gasteiger partial charge on any atom is 0.269 e. The van der Waals surface area contributed by atoms with Crippen LogP contribution in [0.3, 0.4) is 0 Å². The first kappa shape index (κ1) is 25.8. The van der Waals surface area contributed by atoms with Crippen LogP contribution < -0.4 is 15.5 Å². The number of nitrogens with one attached hydrogen (secondary N) is 2. The van der Waals surface area contributed by atoms with Crippen molar-refractivity contribution in [3.05, 3.63) is 110 Å². The van der Waals surface area contributed by atoms with E-state index in [1.54, 1.807) is 24.3 Å². The Balaban J connectivity index is 1.41. The molecule has 0 amide bonds. The highest BCUT2D eigenvalue weighted by Gasteiger charge is 2.08. The maximum absolute atomic E-state index is 10.9. The van der Waals surface area contributed by atoms with E-state index in [0.717, 1.165) is 50.1 Å². The molecule has 0 saturated carbocycles. The van der Waals surface area contributed by atoms with E-state index < -0.39 is 0 Å². The van der Waals surface area contributed by atoms with Crippen LogP contribution in [-0.4, -0.2) is 36.0 Å². The van der Waals surface area contributed by atoms with Gasteiger partial charge in [0.25, 0.3) is 11.4 Å². The van der Waals surface area contributed by atoms with Gasteiger partial charge in [-0.25, -0.2) is 0 Å². The molecule has 0 aliphatic rings. The van der Waals surface area contributed by atoms with Crippen molar-refractivity contribution in [3.8, 4) is 0 Å². The summed E-state index contributed by atoms with van der Waals surface area (Å²) in [5, 5.41) is 28.6. The van der Waals surface area contributed by atoms with Gasteiger partial charge in [0.2, 0.25) is 0 Å². The Kier molecular flexibility index (Phi) is 10.2. The summed E-state index contributed by atoms with van der Waals surface area (Å²) in [6, 6.07) is 23.7. The molecule has 0 aliphatic heterocycles. The summed E-state index contributed by atoms with van der Waals surface area (Å²) in [6.45, 7) is 4.56. The Labute approximate surface area is 205 Å². The Morgan fingerprint density at radius 3 is 1.60 bits per heavy atom. The molecular weight excluding hydrogens is 446 g/mol. The van der Waals surface area contributed by atoms with E-state index in [0.29, 0.717) is 13.1 Å². The smallest absolute Gasteiger partial charge is 0.269 e. The minimum Gasteiger partial charge on any atom is -0.371 e. The van der Waals surface area contributed by atoms with E-state index in [-0.39, 0.29) is 21.2 Å². The first-order valence-electron chi connectivity index (χ1n) is 11.7. The monoisotopic (exact) mass is 477 g/mol. The fraction of sp³-hybridized carbons (Fsp3) is 0.308. The number of nitro groups is 2. The lowest BCUT2D eigenvalue weighted by atomic mass is 10.2. The first-order valence-corrected chi connectivity index (χ1v) is 11.7. The summed E-state index contributed by atoms with van der Waals surface area (Å²) >= 11 is 0. The van der Waals surface area contributed by atoms with Gasteiger partial charge in [-0.15, -0.1) is 0 Å². The van der Waals surface area contributed by atoms with Crippen molar-refractivity contribution >= 4 is 17.1 Å². The summed E-state index contributed by atoms with van der Waals surface area (Å²) in [7, 11) is 0. The zero-order valence-corrected chi connectivity index (χ0v) is 19.6. The molecule has 0 saturated heterocycles. The molecule has 0 fully saturated rings. The highest BCUT2D eigenvalue weighted by atomic mass is 16.6. The van der Waals surface area contributed by atoms with Crippen LogP contribution in [0.5, 0.6) is 0 Å². The lowest BCUT2D eigenvalue weighted by Gasteiger charge is -2.25. The van der Waals surface area contributed by atoms with E-state index in [9.17, 15) is 20.2 Å². The summed E-state index contributed by atoms with van der Waals surface area (Å²) < 4.78 is 0. The van der Waals surface area contributed by atoms with E-state index in [1.807, 2.05) is 30.3 Å². The van der Waals surface area contributed by atoms with Crippen molar-refractivity contribution in [2.45, 2.75) is 25.9 Å². The van der Waals surface area contributed by atoms with Gasteiger partial charge in [0.15, 0.2) is 0 Å². The van der Waals surface area contributed by atoms with Crippen molar-refractivity contribution in [3.63, 3.8) is 0 Å².